The molecule has 0 spiro atoms. The van der Waals surface area contributed by atoms with Crippen LogP contribution in [0.5, 0.6) is 0 Å². The van der Waals surface area contributed by atoms with Crippen LogP contribution in [0.25, 0.3) is 27.9 Å². The van der Waals surface area contributed by atoms with Crippen molar-refractivity contribution in [3.63, 3.8) is 0 Å². The lowest BCUT2D eigenvalue weighted by molar-refractivity contribution is 0.886. The summed E-state index contributed by atoms with van der Waals surface area (Å²) in [6.07, 6.45) is 2.36. The molecule has 1 aliphatic rings. The smallest absolute Gasteiger partial charge is 0.213 e. The first-order valence-corrected chi connectivity index (χ1v) is 9.25. The molecule has 0 atom stereocenters. The Morgan fingerprint density at radius 1 is 1.00 bits per heavy atom. The fraction of sp³-hybridized carbons (Fsp3) is 0.250. The van der Waals surface area contributed by atoms with Gasteiger partial charge < -0.3 is 4.90 Å². The molecule has 6 heteroatoms. The van der Waals surface area contributed by atoms with Gasteiger partial charge >= 0.3 is 0 Å². The van der Waals surface area contributed by atoms with Crippen molar-refractivity contribution in [2.45, 2.75) is 19.8 Å². The zero-order chi connectivity index (χ0) is 17.7. The number of rotatable bonds is 2. The first-order valence-electron chi connectivity index (χ1n) is 8.88. The van der Waals surface area contributed by atoms with E-state index in [0.29, 0.717) is 5.02 Å². The quantitative estimate of drug-likeness (QED) is 0.525. The zero-order valence-corrected chi connectivity index (χ0v) is 15.2. The van der Waals surface area contributed by atoms with Gasteiger partial charge in [-0.2, -0.15) is 0 Å². The molecule has 130 valence electrons. The fourth-order valence-electron chi connectivity index (χ4n) is 3.72. The summed E-state index contributed by atoms with van der Waals surface area (Å²) in [4.78, 5) is 7.28. The molecule has 1 aliphatic heterocycles. The predicted molar refractivity (Wildman–Crippen MR) is 105 cm³/mol. The van der Waals surface area contributed by atoms with E-state index in [9.17, 15) is 0 Å². The third-order valence-corrected chi connectivity index (χ3v) is 5.29. The van der Waals surface area contributed by atoms with E-state index in [-0.39, 0.29) is 0 Å². The average Bonchev–Trinajstić information content (AvgIpc) is 3.31. The lowest BCUT2D eigenvalue weighted by atomic mass is 10.1. The van der Waals surface area contributed by atoms with E-state index in [1.807, 2.05) is 30.3 Å². The third kappa shape index (κ3) is 2.35. The van der Waals surface area contributed by atoms with Crippen LogP contribution in [-0.4, -0.2) is 32.7 Å². The van der Waals surface area contributed by atoms with E-state index in [1.54, 1.807) is 0 Å². The van der Waals surface area contributed by atoms with Crippen LogP contribution in [0.3, 0.4) is 0 Å². The van der Waals surface area contributed by atoms with Gasteiger partial charge in [0, 0.05) is 29.1 Å². The summed E-state index contributed by atoms with van der Waals surface area (Å²) >= 11 is 6.21. The highest BCUT2D eigenvalue weighted by molar-refractivity contribution is 6.31. The van der Waals surface area contributed by atoms with E-state index < -0.39 is 0 Å². The number of aromatic nitrogens is 4. The minimum Gasteiger partial charge on any atom is -0.342 e. The summed E-state index contributed by atoms with van der Waals surface area (Å²) in [5, 5.41) is 10.7. The Labute approximate surface area is 156 Å². The first-order chi connectivity index (χ1) is 12.7. The highest BCUT2D eigenvalue weighted by Gasteiger charge is 2.23. The molecule has 1 fully saturated rings. The number of fused-ring (bicyclic) bond motifs is 3. The number of anilines is 1. The topological polar surface area (TPSA) is 46.3 Å². The van der Waals surface area contributed by atoms with Gasteiger partial charge in [0.05, 0.1) is 5.52 Å². The Hall–Kier alpha value is -2.66. The highest BCUT2D eigenvalue weighted by atomic mass is 35.5. The molecule has 4 aromatic rings. The van der Waals surface area contributed by atoms with Crippen LogP contribution in [0.15, 0.2) is 42.5 Å². The highest BCUT2D eigenvalue weighted by Crippen LogP contribution is 2.31. The van der Waals surface area contributed by atoms with E-state index in [4.69, 9.17) is 16.6 Å². The molecule has 3 heterocycles. The normalized spacial score (nSPS) is 14.6. The number of hydrogen-bond acceptors (Lipinski definition) is 4. The average molecular weight is 364 g/mol. The van der Waals surface area contributed by atoms with Crippen molar-refractivity contribution >= 4 is 34.1 Å². The van der Waals surface area contributed by atoms with Crippen LogP contribution >= 0.6 is 11.6 Å². The van der Waals surface area contributed by atoms with Gasteiger partial charge in [-0.1, -0.05) is 35.9 Å². The van der Waals surface area contributed by atoms with E-state index >= 15 is 0 Å². The molecule has 2 aromatic heterocycles. The molecule has 0 radical (unpaired) electrons. The van der Waals surface area contributed by atoms with Crippen LogP contribution < -0.4 is 4.90 Å². The SMILES string of the molecule is Cc1ccccc1-c1nnc2c3ccc(Cl)cc3nc(N3CCCC3)n12. The van der Waals surface area contributed by atoms with E-state index in [2.05, 4.69) is 38.6 Å². The van der Waals surface area contributed by atoms with Gasteiger partial charge in [0.1, 0.15) is 0 Å². The van der Waals surface area contributed by atoms with Gasteiger partial charge in [-0.15, -0.1) is 10.2 Å². The second-order valence-corrected chi connectivity index (χ2v) is 7.20. The number of hydrogen-bond donors (Lipinski definition) is 0. The maximum absolute atomic E-state index is 6.21. The summed E-state index contributed by atoms with van der Waals surface area (Å²) in [5.74, 6) is 1.74. The maximum atomic E-state index is 6.21. The van der Waals surface area contributed by atoms with Crippen molar-refractivity contribution in [1.29, 1.82) is 0 Å². The summed E-state index contributed by atoms with van der Waals surface area (Å²) in [7, 11) is 0. The van der Waals surface area contributed by atoms with Gasteiger partial charge in [0.2, 0.25) is 5.95 Å². The lowest BCUT2D eigenvalue weighted by Crippen LogP contribution is -2.22. The van der Waals surface area contributed by atoms with Gasteiger partial charge in [0.15, 0.2) is 11.5 Å². The summed E-state index contributed by atoms with van der Waals surface area (Å²) < 4.78 is 2.10. The Bertz CT molecular complexity index is 1130. The predicted octanol–water partition coefficient (Wildman–Crippen LogP) is 4.51. The molecule has 5 rings (SSSR count). The van der Waals surface area contributed by atoms with Crippen LogP contribution in [0.1, 0.15) is 18.4 Å². The van der Waals surface area contributed by atoms with Crippen molar-refractivity contribution in [2.75, 3.05) is 18.0 Å². The Morgan fingerprint density at radius 2 is 1.81 bits per heavy atom. The first kappa shape index (κ1) is 15.6. The molecule has 0 aliphatic carbocycles. The summed E-state index contributed by atoms with van der Waals surface area (Å²) in [6.45, 7) is 4.10. The number of aryl methyl sites for hydroxylation is 1. The molecular weight excluding hydrogens is 346 g/mol. The maximum Gasteiger partial charge on any atom is 0.213 e. The van der Waals surface area contributed by atoms with Crippen molar-refractivity contribution < 1.29 is 0 Å². The van der Waals surface area contributed by atoms with Crippen LogP contribution in [0.4, 0.5) is 5.95 Å². The van der Waals surface area contributed by atoms with E-state index in [0.717, 1.165) is 47.0 Å². The fourth-order valence-corrected chi connectivity index (χ4v) is 3.89. The largest absolute Gasteiger partial charge is 0.342 e. The van der Waals surface area contributed by atoms with Crippen molar-refractivity contribution in [2.24, 2.45) is 0 Å². The molecule has 0 N–H and O–H groups in total. The third-order valence-electron chi connectivity index (χ3n) is 5.06. The van der Waals surface area contributed by atoms with Crippen LogP contribution in [0, 0.1) is 6.92 Å². The molecular formula is C20H18ClN5. The van der Waals surface area contributed by atoms with E-state index in [1.165, 1.54) is 18.4 Å². The standard InChI is InChI=1S/C20H18ClN5/c1-13-6-2-3-7-15(13)18-23-24-19-16-9-8-14(21)12-17(16)22-20(26(18)19)25-10-4-5-11-25/h2-3,6-9,12H,4-5,10-11H2,1H3. The minimum absolute atomic E-state index is 0.681. The second kappa shape index (κ2) is 5.95. The Balaban J connectivity index is 1.88. The van der Waals surface area contributed by atoms with Gasteiger partial charge in [-0.25, -0.2) is 9.38 Å². The monoisotopic (exact) mass is 363 g/mol. The van der Waals surface area contributed by atoms with Crippen molar-refractivity contribution in [1.82, 2.24) is 19.6 Å². The minimum atomic E-state index is 0.681. The summed E-state index contributed by atoms with van der Waals surface area (Å²) in [5.41, 5.74) is 3.93. The lowest BCUT2D eigenvalue weighted by Gasteiger charge is -2.19. The molecule has 2 aromatic carbocycles. The Morgan fingerprint density at radius 3 is 2.62 bits per heavy atom. The zero-order valence-electron chi connectivity index (χ0n) is 14.5. The van der Waals surface area contributed by atoms with Crippen LogP contribution in [0.2, 0.25) is 5.02 Å². The Kier molecular flexibility index (Phi) is 3.57. The number of benzene rings is 2. The molecule has 0 amide bonds. The molecule has 0 saturated carbocycles. The number of nitrogens with zero attached hydrogens (tertiary/aromatic N) is 5. The van der Waals surface area contributed by atoms with Crippen molar-refractivity contribution in [3.05, 3.63) is 53.1 Å². The number of halogens is 1. The van der Waals surface area contributed by atoms with Gasteiger partial charge in [-0.05, 0) is 43.5 Å². The summed E-state index contributed by atoms with van der Waals surface area (Å²) in [6, 6.07) is 14.0. The van der Waals surface area contributed by atoms with Gasteiger partial charge in [-0.3, -0.25) is 0 Å². The van der Waals surface area contributed by atoms with Crippen LogP contribution in [-0.2, 0) is 0 Å². The molecule has 0 bridgehead atoms. The molecule has 26 heavy (non-hydrogen) atoms. The molecule has 5 nitrogen and oxygen atoms in total. The van der Waals surface area contributed by atoms with Gasteiger partial charge in [0.25, 0.3) is 0 Å². The molecule has 0 unspecified atom stereocenters. The second-order valence-electron chi connectivity index (χ2n) is 6.76. The molecule has 1 saturated heterocycles. The van der Waals surface area contributed by atoms with Crippen molar-refractivity contribution in [3.8, 4) is 11.4 Å².